The van der Waals surface area contributed by atoms with Crippen molar-refractivity contribution in [2.24, 2.45) is 0 Å². The Morgan fingerprint density at radius 1 is 1.06 bits per heavy atom. The van der Waals surface area contributed by atoms with E-state index in [-0.39, 0.29) is 29.9 Å². The molecule has 0 radical (unpaired) electrons. The summed E-state index contributed by atoms with van der Waals surface area (Å²) in [4.78, 5) is 27.5. The Balaban J connectivity index is 1.82. The molecule has 0 aliphatic heterocycles. The van der Waals surface area contributed by atoms with Crippen LogP contribution >= 0.6 is 15.9 Å². The fraction of sp³-hybridized carbons (Fsp3) is 0.346. The van der Waals surface area contributed by atoms with Gasteiger partial charge in [-0.15, -0.1) is 0 Å². The predicted molar refractivity (Wildman–Crippen MR) is 141 cm³/mol. The predicted octanol–water partition coefficient (Wildman–Crippen LogP) is 6.12. The lowest BCUT2D eigenvalue weighted by molar-refractivity contribution is -0.117. The van der Waals surface area contributed by atoms with Crippen molar-refractivity contribution in [1.29, 1.82) is 0 Å². The van der Waals surface area contributed by atoms with E-state index >= 15 is 0 Å². The molecule has 3 aromatic rings. The van der Waals surface area contributed by atoms with Gasteiger partial charge in [0.2, 0.25) is 5.91 Å². The number of para-hydroxylation sites is 1. The van der Waals surface area contributed by atoms with Crippen molar-refractivity contribution >= 4 is 39.4 Å². The van der Waals surface area contributed by atoms with E-state index < -0.39 is 0 Å². The highest BCUT2D eigenvalue weighted by Crippen LogP contribution is 2.27. The number of nitrogens with one attached hydrogen (secondary N) is 2. The minimum atomic E-state index is -0.338. The molecule has 0 aliphatic rings. The number of benzene rings is 2. The fourth-order valence-corrected chi connectivity index (χ4v) is 3.64. The van der Waals surface area contributed by atoms with Gasteiger partial charge in [0.15, 0.2) is 0 Å². The SMILES string of the molecule is Cc1ccccc1-n1nc(C(C)(C)C)cc1NC(=O)CN(C(=O)Nc1ccc(Br)cc1)C(C)C. The lowest BCUT2D eigenvalue weighted by atomic mass is 9.92. The van der Waals surface area contributed by atoms with Gasteiger partial charge in [0.1, 0.15) is 12.4 Å². The fourth-order valence-electron chi connectivity index (χ4n) is 3.38. The summed E-state index contributed by atoms with van der Waals surface area (Å²) >= 11 is 3.39. The maximum absolute atomic E-state index is 13.1. The number of hydrogen-bond acceptors (Lipinski definition) is 3. The maximum Gasteiger partial charge on any atom is 0.322 e. The number of urea groups is 1. The molecular weight excluding hydrogens is 494 g/mol. The molecule has 180 valence electrons. The summed E-state index contributed by atoms with van der Waals surface area (Å²) in [5.74, 6) is 0.274. The molecule has 8 heteroatoms. The lowest BCUT2D eigenvalue weighted by Crippen LogP contribution is -2.44. The van der Waals surface area contributed by atoms with E-state index in [1.807, 2.05) is 63.2 Å². The first-order chi connectivity index (χ1) is 16.0. The highest BCUT2D eigenvalue weighted by Gasteiger charge is 2.24. The third-order valence-electron chi connectivity index (χ3n) is 5.38. The molecule has 0 atom stereocenters. The summed E-state index contributed by atoms with van der Waals surface area (Å²) in [6, 6.07) is 16.6. The molecule has 0 aliphatic carbocycles. The maximum atomic E-state index is 13.1. The summed E-state index contributed by atoms with van der Waals surface area (Å²) in [5.41, 5.74) is 3.26. The van der Waals surface area contributed by atoms with Crippen LogP contribution in [0.3, 0.4) is 0 Å². The third-order valence-corrected chi connectivity index (χ3v) is 5.91. The van der Waals surface area contributed by atoms with Crippen LogP contribution in [0.15, 0.2) is 59.1 Å². The van der Waals surface area contributed by atoms with E-state index in [1.165, 1.54) is 4.90 Å². The van der Waals surface area contributed by atoms with Gasteiger partial charge in [-0.2, -0.15) is 5.10 Å². The van der Waals surface area contributed by atoms with Gasteiger partial charge in [-0.3, -0.25) is 4.79 Å². The Bertz CT molecular complexity index is 1160. The second-order valence-corrected chi connectivity index (χ2v) is 10.5. The zero-order chi connectivity index (χ0) is 25.0. The van der Waals surface area contributed by atoms with Crippen molar-refractivity contribution in [3.05, 3.63) is 70.3 Å². The van der Waals surface area contributed by atoms with Crippen molar-refractivity contribution in [1.82, 2.24) is 14.7 Å². The Morgan fingerprint density at radius 2 is 1.71 bits per heavy atom. The molecule has 2 aromatic carbocycles. The van der Waals surface area contributed by atoms with Crippen LogP contribution in [-0.4, -0.2) is 39.2 Å². The van der Waals surface area contributed by atoms with Crippen LogP contribution in [0.25, 0.3) is 5.69 Å². The number of rotatable bonds is 6. The Morgan fingerprint density at radius 3 is 2.29 bits per heavy atom. The van der Waals surface area contributed by atoms with E-state index in [2.05, 4.69) is 47.3 Å². The second kappa shape index (κ2) is 10.4. The summed E-state index contributed by atoms with van der Waals surface area (Å²) in [5, 5.41) is 10.6. The van der Waals surface area contributed by atoms with Gasteiger partial charge in [0.05, 0.1) is 11.4 Å². The topological polar surface area (TPSA) is 79.3 Å². The summed E-state index contributed by atoms with van der Waals surface area (Å²) in [6.07, 6.45) is 0. The number of halogens is 1. The monoisotopic (exact) mass is 525 g/mol. The standard InChI is InChI=1S/C26H32BrN5O2/c1-17(2)31(25(34)28-20-13-11-19(27)12-14-20)16-24(33)29-23-15-22(26(4,5)6)30-32(23)21-10-8-7-9-18(21)3/h7-15,17H,16H2,1-6H3,(H,28,34)(H,29,33). The van der Waals surface area contributed by atoms with Gasteiger partial charge >= 0.3 is 6.03 Å². The highest BCUT2D eigenvalue weighted by atomic mass is 79.9. The Labute approximate surface area is 209 Å². The molecule has 0 fully saturated rings. The van der Waals surface area contributed by atoms with Gasteiger partial charge in [-0.05, 0) is 56.7 Å². The van der Waals surface area contributed by atoms with E-state index in [4.69, 9.17) is 5.10 Å². The van der Waals surface area contributed by atoms with Crippen LogP contribution in [0.4, 0.5) is 16.3 Å². The molecule has 34 heavy (non-hydrogen) atoms. The van der Waals surface area contributed by atoms with Gasteiger partial charge in [0, 0.05) is 27.7 Å². The average Bonchev–Trinajstić information content (AvgIpc) is 3.17. The number of aryl methyl sites for hydroxylation is 1. The zero-order valence-electron chi connectivity index (χ0n) is 20.5. The lowest BCUT2D eigenvalue weighted by Gasteiger charge is -2.26. The van der Waals surface area contributed by atoms with Crippen LogP contribution in [0.1, 0.15) is 45.9 Å². The molecule has 3 rings (SSSR count). The number of carbonyl (C=O) groups excluding carboxylic acids is 2. The molecule has 3 amide bonds. The number of anilines is 2. The number of nitrogens with zero attached hydrogens (tertiary/aromatic N) is 3. The van der Waals surface area contributed by atoms with Crippen LogP contribution in [0, 0.1) is 6.92 Å². The van der Waals surface area contributed by atoms with Crippen molar-refractivity contribution in [2.45, 2.75) is 53.0 Å². The smallest absolute Gasteiger partial charge is 0.313 e. The van der Waals surface area contributed by atoms with Crippen molar-refractivity contribution < 1.29 is 9.59 Å². The number of carbonyl (C=O) groups is 2. The van der Waals surface area contributed by atoms with Gasteiger partial charge in [-0.1, -0.05) is 54.9 Å². The van der Waals surface area contributed by atoms with E-state index in [0.29, 0.717) is 11.5 Å². The minimum Gasteiger partial charge on any atom is -0.313 e. The van der Waals surface area contributed by atoms with Crippen molar-refractivity contribution in [2.75, 3.05) is 17.2 Å². The first-order valence-corrected chi connectivity index (χ1v) is 12.0. The molecule has 0 unspecified atom stereocenters. The van der Waals surface area contributed by atoms with Gasteiger partial charge < -0.3 is 15.5 Å². The Hall–Kier alpha value is -3.13. The molecular formula is C26H32BrN5O2. The van der Waals surface area contributed by atoms with Crippen LogP contribution < -0.4 is 10.6 Å². The second-order valence-electron chi connectivity index (χ2n) is 9.57. The summed E-state index contributed by atoms with van der Waals surface area (Å²) < 4.78 is 2.68. The minimum absolute atomic E-state index is 0.0934. The third kappa shape index (κ3) is 6.26. The molecule has 1 aromatic heterocycles. The van der Waals surface area contributed by atoms with Gasteiger partial charge in [0.25, 0.3) is 0 Å². The van der Waals surface area contributed by atoms with Crippen molar-refractivity contribution in [3.8, 4) is 5.69 Å². The molecule has 0 bridgehead atoms. The number of aromatic nitrogens is 2. The molecule has 0 saturated carbocycles. The van der Waals surface area contributed by atoms with E-state index in [0.717, 1.165) is 21.4 Å². The Kier molecular flexibility index (Phi) is 7.82. The largest absolute Gasteiger partial charge is 0.322 e. The van der Waals surface area contributed by atoms with Crippen molar-refractivity contribution in [3.63, 3.8) is 0 Å². The zero-order valence-corrected chi connectivity index (χ0v) is 22.1. The normalized spacial score (nSPS) is 11.4. The highest BCUT2D eigenvalue weighted by molar-refractivity contribution is 9.10. The molecule has 2 N–H and O–H groups in total. The number of hydrogen-bond donors (Lipinski definition) is 2. The van der Waals surface area contributed by atoms with Crippen LogP contribution in [-0.2, 0) is 10.2 Å². The van der Waals surface area contributed by atoms with E-state index in [9.17, 15) is 9.59 Å². The molecule has 7 nitrogen and oxygen atoms in total. The number of amides is 3. The quantitative estimate of drug-likeness (QED) is 0.406. The molecule has 0 spiro atoms. The van der Waals surface area contributed by atoms with E-state index in [1.54, 1.807) is 16.8 Å². The van der Waals surface area contributed by atoms with Gasteiger partial charge in [-0.25, -0.2) is 9.48 Å². The summed E-state index contributed by atoms with van der Waals surface area (Å²) in [7, 11) is 0. The summed E-state index contributed by atoms with van der Waals surface area (Å²) in [6.45, 7) is 11.9. The van der Waals surface area contributed by atoms with Crippen LogP contribution in [0.2, 0.25) is 0 Å². The molecule has 0 saturated heterocycles. The first-order valence-electron chi connectivity index (χ1n) is 11.3. The first kappa shape index (κ1) is 25.5. The molecule has 1 heterocycles. The van der Waals surface area contributed by atoms with Crippen LogP contribution in [0.5, 0.6) is 0 Å². The average molecular weight is 526 g/mol.